The predicted molar refractivity (Wildman–Crippen MR) is 112 cm³/mol. The van der Waals surface area contributed by atoms with Crippen LogP contribution in [0, 0.1) is 0 Å². The highest BCUT2D eigenvalue weighted by Crippen LogP contribution is 2.38. The molecule has 0 aromatic carbocycles. The summed E-state index contributed by atoms with van der Waals surface area (Å²) in [6.45, 7) is 1.98. The van der Waals surface area contributed by atoms with Crippen molar-refractivity contribution in [1.82, 2.24) is 25.3 Å². The molecule has 1 aliphatic carbocycles. The lowest BCUT2D eigenvalue weighted by Crippen LogP contribution is -2.51. The molecule has 1 N–H and O–H groups in total. The molecule has 2 aromatic rings. The van der Waals surface area contributed by atoms with E-state index in [0.29, 0.717) is 37.5 Å². The zero-order chi connectivity index (χ0) is 20.8. The number of rotatable bonds is 6. The molecule has 8 heteroatoms. The molecular weight excluding hydrogens is 382 g/mol. The van der Waals surface area contributed by atoms with Gasteiger partial charge in [0.2, 0.25) is 0 Å². The van der Waals surface area contributed by atoms with Crippen molar-refractivity contribution in [3.8, 4) is 11.5 Å². The Balaban J connectivity index is 1.43. The maximum absolute atomic E-state index is 12.8. The highest BCUT2D eigenvalue weighted by atomic mass is 16.5. The molecule has 30 heavy (non-hydrogen) atoms. The van der Waals surface area contributed by atoms with Gasteiger partial charge in [0.25, 0.3) is 5.89 Å². The van der Waals surface area contributed by atoms with E-state index < -0.39 is 0 Å². The second-order valence-electron chi connectivity index (χ2n) is 8.46. The van der Waals surface area contributed by atoms with E-state index in [1.807, 2.05) is 17.0 Å². The van der Waals surface area contributed by atoms with Crippen molar-refractivity contribution in [2.24, 2.45) is 0 Å². The van der Waals surface area contributed by atoms with E-state index in [9.17, 15) is 4.79 Å². The third kappa shape index (κ3) is 4.64. The Bertz CT molecular complexity index is 811. The van der Waals surface area contributed by atoms with Crippen LogP contribution < -0.4 is 5.32 Å². The van der Waals surface area contributed by atoms with Crippen LogP contribution in [0.25, 0.3) is 11.5 Å². The zero-order valence-corrected chi connectivity index (χ0v) is 17.7. The SMILES string of the molecule is COCCC1(c2noc(-c3cccnc3)n2)CCN(C(=O)NC2CCCCC2)CC1. The maximum Gasteiger partial charge on any atom is 0.317 e. The average Bonchev–Trinajstić information content (AvgIpc) is 3.30. The number of nitrogens with zero attached hydrogens (tertiary/aromatic N) is 4. The summed E-state index contributed by atoms with van der Waals surface area (Å²) in [6.07, 6.45) is 11.7. The van der Waals surface area contributed by atoms with Gasteiger partial charge in [-0.3, -0.25) is 4.98 Å². The second kappa shape index (κ2) is 9.55. The van der Waals surface area contributed by atoms with E-state index >= 15 is 0 Å². The molecule has 1 saturated heterocycles. The molecule has 2 aromatic heterocycles. The molecule has 1 aliphatic heterocycles. The first-order chi connectivity index (χ1) is 14.7. The van der Waals surface area contributed by atoms with Gasteiger partial charge in [-0.2, -0.15) is 4.98 Å². The van der Waals surface area contributed by atoms with Crippen LogP contribution in [-0.2, 0) is 10.2 Å². The van der Waals surface area contributed by atoms with Crippen molar-refractivity contribution in [3.05, 3.63) is 30.4 Å². The highest BCUT2D eigenvalue weighted by molar-refractivity contribution is 5.74. The molecule has 0 spiro atoms. The lowest BCUT2D eigenvalue weighted by atomic mass is 9.75. The highest BCUT2D eigenvalue weighted by Gasteiger charge is 2.41. The van der Waals surface area contributed by atoms with Crippen LogP contribution in [0.4, 0.5) is 4.79 Å². The molecule has 2 aliphatic rings. The minimum atomic E-state index is -0.248. The summed E-state index contributed by atoms with van der Waals surface area (Å²) < 4.78 is 10.9. The number of nitrogens with one attached hydrogen (secondary N) is 1. The molecule has 0 radical (unpaired) electrons. The van der Waals surface area contributed by atoms with Crippen LogP contribution in [0.5, 0.6) is 0 Å². The van der Waals surface area contributed by atoms with Gasteiger partial charge < -0.3 is 19.5 Å². The number of hydrogen-bond donors (Lipinski definition) is 1. The van der Waals surface area contributed by atoms with Crippen molar-refractivity contribution < 1.29 is 14.1 Å². The molecule has 0 bridgehead atoms. The number of hydrogen-bond acceptors (Lipinski definition) is 6. The molecule has 0 atom stereocenters. The zero-order valence-electron chi connectivity index (χ0n) is 17.7. The van der Waals surface area contributed by atoms with Gasteiger partial charge in [0.1, 0.15) is 0 Å². The molecular formula is C22H31N5O3. The molecule has 2 fully saturated rings. The Morgan fingerprint density at radius 1 is 1.30 bits per heavy atom. The quantitative estimate of drug-likeness (QED) is 0.778. The van der Waals surface area contributed by atoms with Crippen molar-refractivity contribution in [1.29, 1.82) is 0 Å². The van der Waals surface area contributed by atoms with Gasteiger partial charge in [-0.1, -0.05) is 24.4 Å². The summed E-state index contributed by atoms with van der Waals surface area (Å²) in [4.78, 5) is 23.5. The van der Waals surface area contributed by atoms with Crippen LogP contribution in [-0.4, -0.2) is 58.9 Å². The Kier molecular flexibility index (Phi) is 6.62. The average molecular weight is 414 g/mol. The number of likely N-dealkylation sites (tertiary alicyclic amines) is 1. The molecule has 3 heterocycles. The van der Waals surface area contributed by atoms with Gasteiger partial charge >= 0.3 is 6.03 Å². The van der Waals surface area contributed by atoms with E-state index in [4.69, 9.17) is 14.2 Å². The van der Waals surface area contributed by atoms with E-state index in [-0.39, 0.29) is 11.4 Å². The Morgan fingerprint density at radius 2 is 2.10 bits per heavy atom. The number of urea groups is 1. The largest absolute Gasteiger partial charge is 0.385 e. The number of piperidine rings is 1. The number of ether oxygens (including phenoxy) is 1. The number of methoxy groups -OCH3 is 1. The smallest absolute Gasteiger partial charge is 0.317 e. The standard InChI is InChI=1S/C22H31N5O3/c1-29-15-11-22(20-25-19(30-26-20)17-6-5-12-23-16-17)9-13-27(14-10-22)21(28)24-18-7-3-2-4-8-18/h5-6,12,16,18H,2-4,7-11,13-15H2,1H3,(H,24,28). The van der Waals surface area contributed by atoms with Gasteiger partial charge in [-0.25, -0.2) is 4.79 Å². The van der Waals surface area contributed by atoms with Gasteiger partial charge in [-0.05, 0) is 44.2 Å². The van der Waals surface area contributed by atoms with Crippen LogP contribution in [0.2, 0.25) is 0 Å². The lowest BCUT2D eigenvalue weighted by Gasteiger charge is -2.40. The molecule has 1 saturated carbocycles. The third-order valence-corrected chi connectivity index (χ3v) is 6.53. The minimum absolute atomic E-state index is 0.0615. The topological polar surface area (TPSA) is 93.4 Å². The monoisotopic (exact) mass is 413 g/mol. The Labute approximate surface area is 177 Å². The summed E-state index contributed by atoms with van der Waals surface area (Å²) in [6, 6.07) is 4.14. The second-order valence-corrected chi connectivity index (χ2v) is 8.46. The molecule has 2 amide bonds. The van der Waals surface area contributed by atoms with E-state index in [1.54, 1.807) is 19.5 Å². The number of carbonyl (C=O) groups excluding carboxylic acids is 1. The molecule has 162 valence electrons. The molecule has 4 rings (SSSR count). The van der Waals surface area contributed by atoms with Crippen LogP contribution in [0.15, 0.2) is 29.0 Å². The van der Waals surface area contributed by atoms with Gasteiger partial charge in [0, 0.05) is 50.7 Å². The minimum Gasteiger partial charge on any atom is -0.385 e. The fourth-order valence-electron chi connectivity index (χ4n) is 4.58. The van der Waals surface area contributed by atoms with Crippen LogP contribution in [0.3, 0.4) is 0 Å². The lowest BCUT2D eigenvalue weighted by molar-refractivity contribution is 0.113. The molecule has 0 unspecified atom stereocenters. The fraction of sp³-hybridized carbons (Fsp3) is 0.636. The normalized spacial score (nSPS) is 19.6. The first kappa shape index (κ1) is 20.8. The summed E-state index contributed by atoms with van der Waals surface area (Å²) >= 11 is 0. The van der Waals surface area contributed by atoms with Crippen molar-refractivity contribution in [2.75, 3.05) is 26.8 Å². The number of pyridine rings is 1. The van der Waals surface area contributed by atoms with Crippen LogP contribution >= 0.6 is 0 Å². The fourth-order valence-corrected chi connectivity index (χ4v) is 4.58. The van der Waals surface area contributed by atoms with Crippen molar-refractivity contribution in [3.63, 3.8) is 0 Å². The first-order valence-electron chi connectivity index (χ1n) is 11.0. The summed E-state index contributed by atoms with van der Waals surface area (Å²) in [5.74, 6) is 1.18. The maximum atomic E-state index is 12.8. The third-order valence-electron chi connectivity index (χ3n) is 6.53. The number of amides is 2. The van der Waals surface area contributed by atoms with E-state index in [0.717, 1.165) is 37.7 Å². The Morgan fingerprint density at radius 3 is 2.80 bits per heavy atom. The van der Waals surface area contributed by atoms with Gasteiger partial charge in [0.15, 0.2) is 5.82 Å². The van der Waals surface area contributed by atoms with Gasteiger partial charge in [-0.15, -0.1) is 0 Å². The van der Waals surface area contributed by atoms with Crippen molar-refractivity contribution in [2.45, 2.75) is 62.8 Å². The Hall–Kier alpha value is -2.48. The predicted octanol–water partition coefficient (Wildman–Crippen LogP) is 3.54. The summed E-state index contributed by atoms with van der Waals surface area (Å²) in [7, 11) is 1.71. The van der Waals surface area contributed by atoms with E-state index in [2.05, 4.69) is 15.5 Å². The van der Waals surface area contributed by atoms with Gasteiger partial charge in [0.05, 0.1) is 5.56 Å². The first-order valence-corrected chi connectivity index (χ1v) is 11.0. The number of carbonyl (C=O) groups is 1. The van der Waals surface area contributed by atoms with Crippen molar-refractivity contribution >= 4 is 6.03 Å². The number of aromatic nitrogens is 3. The summed E-state index contributed by atoms with van der Waals surface area (Å²) in [5, 5.41) is 7.55. The molecule has 8 nitrogen and oxygen atoms in total. The van der Waals surface area contributed by atoms with E-state index in [1.165, 1.54) is 19.3 Å². The van der Waals surface area contributed by atoms with Crippen LogP contribution in [0.1, 0.15) is 57.2 Å². The summed E-state index contributed by atoms with van der Waals surface area (Å²) in [5.41, 5.74) is 0.559.